The molecule has 0 rings (SSSR count). The van der Waals surface area contributed by atoms with Crippen LogP contribution in [-0.4, -0.2) is 0 Å². The molecule has 12 heavy (non-hydrogen) atoms. The minimum atomic E-state index is 0.563. The van der Waals surface area contributed by atoms with Crippen LogP contribution in [0.15, 0.2) is 35.6 Å². The van der Waals surface area contributed by atoms with Gasteiger partial charge in [-0.05, 0) is 37.0 Å². The van der Waals surface area contributed by atoms with E-state index in [1.165, 1.54) is 5.57 Å². The van der Waals surface area contributed by atoms with E-state index in [0.29, 0.717) is 5.92 Å². The zero-order valence-electron chi connectivity index (χ0n) is 8.52. The standard InChI is InChI=1S/C11H19N/c1-8(2)6-9(3)10(4)7-11(5)12/h6-8H,4,12H2,1-3,5H3/b9-6-,11-7+. The predicted molar refractivity (Wildman–Crippen MR) is 55.7 cm³/mol. The maximum absolute atomic E-state index is 5.53. The van der Waals surface area contributed by atoms with Crippen LogP contribution in [0.2, 0.25) is 0 Å². The number of hydrogen-bond donors (Lipinski definition) is 1. The number of nitrogens with two attached hydrogens (primary N) is 1. The Morgan fingerprint density at radius 2 is 1.83 bits per heavy atom. The van der Waals surface area contributed by atoms with Crippen LogP contribution < -0.4 is 5.73 Å². The summed E-state index contributed by atoms with van der Waals surface area (Å²) < 4.78 is 0. The van der Waals surface area contributed by atoms with E-state index in [1.54, 1.807) is 0 Å². The molecule has 0 heterocycles. The summed E-state index contributed by atoms with van der Waals surface area (Å²) >= 11 is 0. The topological polar surface area (TPSA) is 26.0 Å². The van der Waals surface area contributed by atoms with E-state index in [2.05, 4.69) is 33.4 Å². The van der Waals surface area contributed by atoms with Crippen LogP contribution in [0.25, 0.3) is 0 Å². The summed E-state index contributed by atoms with van der Waals surface area (Å²) in [5.41, 5.74) is 8.54. The Kier molecular flexibility index (Phi) is 4.42. The summed E-state index contributed by atoms with van der Waals surface area (Å²) in [5.74, 6) is 0.563. The minimum absolute atomic E-state index is 0.563. The van der Waals surface area contributed by atoms with E-state index < -0.39 is 0 Å². The van der Waals surface area contributed by atoms with Crippen molar-refractivity contribution in [3.63, 3.8) is 0 Å². The molecule has 0 bridgehead atoms. The first-order valence-electron chi connectivity index (χ1n) is 4.25. The summed E-state index contributed by atoms with van der Waals surface area (Å²) in [4.78, 5) is 0. The molecule has 68 valence electrons. The molecule has 0 aromatic rings. The van der Waals surface area contributed by atoms with Crippen molar-refractivity contribution in [1.29, 1.82) is 0 Å². The Labute approximate surface area is 75.7 Å². The first-order chi connectivity index (χ1) is 5.43. The second-order valence-corrected chi connectivity index (χ2v) is 3.51. The third-order valence-corrected chi connectivity index (χ3v) is 1.49. The van der Waals surface area contributed by atoms with Gasteiger partial charge >= 0.3 is 0 Å². The molecule has 0 aliphatic heterocycles. The van der Waals surface area contributed by atoms with Crippen molar-refractivity contribution >= 4 is 0 Å². The SMILES string of the molecule is C=C(/C=C(\C)N)/C(C)=C\C(C)C. The summed E-state index contributed by atoms with van der Waals surface area (Å²) in [6.45, 7) is 12.1. The fraction of sp³-hybridized carbons (Fsp3) is 0.455. The molecule has 0 fully saturated rings. The molecular formula is C11H19N. The minimum Gasteiger partial charge on any atom is -0.402 e. The lowest BCUT2D eigenvalue weighted by Gasteiger charge is -2.03. The van der Waals surface area contributed by atoms with Crippen LogP contribution in [0.5, 0.6) is 0 Å². The lowest BCUT2D eigenvalue weighted by atomic mass is 10.0. The molecule has 0 atom stereocenters. The van der Waals surface area contributed by atoms with Gasteiger partial charge in [-0.1, -0.05) is 26.5 Å². The highest BCUT2D eigenvalue weighted by molar-refractivity contribution is 5.37. The largest absolute Gasteiger partial charge is 0.402 e. The van der Waals surface area contributed by atoms with Gasteiger partial charge in [-0.3, -0.25) is 0 Å². The Morgan fingerprint density at radius 1 is 1.33 bits per heavy atom. The third kappa shape index (κ3) is 4.78. The van der Waals surface area contributed by atoms with Gasteiger partial charge in [0.25, 0.3) is 0 Å². The van der Waals surface area contributed by atoms with Gasteiger partial charge in [0.05, 0.1) is 0 Å². The van der Waals surface area contributed by atoms with Crippen molar-refractivity contribution in [2.75, 3.05) is 0 Å². The van der Waals surface area contributed by atoms with E-state index >= 15 is 0 Å². The van der Waals surface area contributed by atoms with Gasteiger partial charge in [0.15, 0.2) is 0 Å². The molecule has 0 saturated carbocycles. The third-order valence-electron chi connectivity index (χ3n) is 1.49. The second kappa shape index (κ2) is 4.81. The van der Waals surface area contributed by atoms with Gasteiger partial charge < -0.3 is 5.73 Å². The van der Waals surface area contributed by atoms with Crippen LogP contribution in [-0.2, 0) is 0 Å². The summed E-state index contributed by atoms with van der Waals surface area (Å²) in [6.07, 6.45) is 4.08. The molecule has 0 amide bonds. The van der Waals surface area contributed by atoms with E-state index in [1.807, 2.05) is 13.0 Å². The van der Waals surface area contributed by atoms with Gasteiger partial charge in [0.1, 0.15) is 0 Å². The number of rotatable bonds is 3. The molecule has 0 radical (unpaired) electrons. The normalized spacial score (nSPS) is 13.8. The average Bonchev–Trinajstić information content (AvgIpc) is 1.84. The Bertz CT molecular complexity index is 215. The smallest absolute Gasteiger partial charge is 0.00547 e. The van der Waals surface area contributed by atoms with Crippen molar-refractivity contribution in [2.24, 2.45) is 11.7 Å². The molecule has 0 spiro atoms. The fourth-order valence-corrected chi connectivity index (χ4v) is 0.996. The average molecular weight is 165 g/mol. The van der Waals surface area contributed by atoms with E-state index in [4.69, 9.17) is 5.73 Å². The highest BCUT2D eigenvalue weighted by Crippen LogP contribution is 2.12. The van der Waals surface area contributed by atoms with Gasteiger partial charge in [-0.2, -0.15) is 0 Å². The molecule has 0 aromatic carbocycles. The Morgan fingerprint density at radius 3 is 2.17 bits per heavy atom. The van der Waals surface area contributed by atoms with Gasteiger partial charge in [-0.15, -0.1) is 0 Å². The molecular weight excluding hydrogens is 146 g/mol. The van der Waals surface area contributed by atoms with Crippen molar-refractivity contribution in [3.05, 3.63) is 35.6 Å². The summed E-state index contributed by atoms with van der Waals surface area (Å²) in [7, 11) is 0. The van der Waals surface area contributed by atoms with Crippen LogP contribution in [0.4, 0.5) is 0 Å². The second-order valence-electron chi connectivity index (χ2n) is 3.51. The van der Waals surface area contributed by atoms with Crippen molar-refractivity contribution in [3.8, 4) is 0 Å². The monoisotopic (exact) mass is 165 g/mol. The maximum atomic E-state index is 5.53. The lowest BCUT2D eigenvalue weighted by molar-refractivity contribution is 0.824. The van der Waals surface area contributed by atoms with Gasteiger partial charge in [0, 0.05) is 5.70 Å². The van der Waals surface area contributed by atoms with Gasteiger partial charge in [-0.25, -0.2) is 0 Å². The predicted octanol–water partition coefficient (Wildman–Crippen LogP) is 3.01. The Balaban J connectivity index is 4.40. The van der Waals surface area contributed by atoms with Crippen molar-refractivity contribution in [2.45, 2.75) is 27.7 Å². The maximum Gasteiger partial charge on any atom is 0.00547 e. The zero-order chi connectivity index (χ0) is 9.72. The first kappa shape index (κ1) is 11.0. The fourth-order valence-electron chi connectivity index (χ4n) is 0.996. The highest BCUT2D eigenvalue weighted by atomic mass is 14.5. The molecule has 0 saturated heterocycles. The zero-order valence-corrected chi connectivity index (χ0v) is 8.52. The Hall–Kier alpha value is -0.980. The van der Waals surface area contributed by atoms with E-state index in [9.17, 15) is 0 Å². The van der Waals surface area contributed by atoms with Crippen LogP contribution in [0.3, 0.4) is 0 Å². The molecule has 0 aliphatic rings. The van der Waals surface area contributed by atoms with Crippen molar-refractivity contribution in [1.82, 2.24) is 0 Å². The van der Waals surface area contributed by atoms with E-state index in [0.717, 1.165) is 11.3 Å². The number of allylic oxidation sites excluding steroid dienone is 5. The van der Waals surface area contributed by atoms with Crippen molar-refractivity contribution < 1.29 is 0 Å². The molecule has 0 aliphatic carbocycles. The van der Waals surface area contributed by atoms with Crippen LogP contribution in [0, 0.1) is 5.92 Å². The molecule has 0 unspecified atom stereocenters. The summed E-state index contributed by atoms with van der Waals surface area (Å²) in [6, 6.07) is 0. The lowest BCUT2D eigenvalue weighted by Crippen LogP contribution is -1.92. The molecule has 0 aromatic heterocycles. The molecule has 1 heteroatoms. The first-order valence-corrected chi connectivity index (χ1v) is 4.25. The molecule has 2 N–H and O–H groups in total. The van der Waals surface area contributed by atoms with Crippen LogP contribution >= 0.6 is 0 Å². The van der Waals surface area contributed by atoms with Gasteiger partial charge in [0.2, 0.25) is 0 Å². The number of hydrogen-bond acceptors (Lipinski definition) is 1. The quantitative estimate of drug-likeness (QED) is 0.639. The molecule has 1 nitrogen and oxygen atoms in total. The van der Waals surface area contributed by atoms with E-state index in [-0.39, 0.29) is 0 Å². The highest BCUT2D eigenvalue weighted by Gasteiger charge is 1.94. The summed E-state index contributed by atoms with van der Waals surface area (Å²) in [5, 5.41) is 0. The van der Waals surface area contributed by atoms with Crippen LogP contribution in [0.1, 0.15) is 27.7 Å².